The third-order valence-corrected chi connectivity index (χ3v) is 6.23. The van der Waals surface area contributed by atoms with E-state index in [1.165, 1.54) is 44.4 Å². The molecule has 12 heteroatoms. The van der Waals surface area contributed by atoms with Crippen molar-refractivity contribution < 1.29 is 43.2 Å². The van der Waals surface area contributed by atoms with E-state index < -0.39 is 36.1 Å². The maximum atomic E-state index is 12.9. The first-order valence-electron chi connectivity index (χ1n) is 12.5. The minimum absolute atomic E-state index is 0.0645. The highest BCUT2D eigenvalue weighted by atomic mass is 16.7. The van der Waals surface area contributed by atoms with Crippen LogP contribution in [0.4, 0.5) is 10.5 Å². The summed E-state index contributed by atoms with van der Waals surface area (Å²) in [6.07, 6.45) is -2.82. The van der Waals surface area contributed by atoms with Crippen LogP contribution in [0, 0.1) is 0 Å². The number of allylic oxidation sites excluding steroid dienone is 3. The molecular weight excluding hydrogens is 536 g/mol. The molecule has 2 aromatic carbocycles. The number of nitrogens with one attached hydrogen (secondary N) is 1. The topological polar surface area (TPSA) is 180 Å². The van der Waals surface area contributed by atoms with Crippen LogP contribution in [0.5, 0.6) is 11.5 Å². The molecule has 2 amide bonds. The van der Waals surface area contributed by atoms with Crippen molar-refractivity contribution in [2.45, 2.75) is 45.7 Å². The Balaban J connectivity index is 1.53. The maximum Gasteiger partial charge on any atom is 0.405 e. The molecule has 41 heavy (non-hydrogen) atoms. The van der Waals surface area contributed by atoms with Crippen molar-refractivity contribution in [3.63, 3.8) is 0 Å². The highest BCUT2D eigenvalue weighted by Crippen LogP contribution is 2.31. The number of phenols is 1. The van der Waals surface area contributed by atoms with Gasteiger partial charge in [-0.05, 0) is 69.2 Å². The fourth-order valence-corrected chi connectivity index (χ4v) is 4.19. The zero-order chi connectivity index (χ0) is 29.8. The summed E-state index contributed by atoms with van der Waals surface area (Å²) in [5.41, 5.74) is 6.26. The molecule has 0 aliphatic carbocycles. The van der Waals surface area contributed by atoms with Crippen molar-refractivity contribution in [1.29, 1.82) is 0 Å². The van der Waals surface area contributed by atoms with E-state index in [1.54, 1.807) is 12.1 Å². The van der Waals surface area contributed by atoms with Crippen LogP contribution < -0.4 is 21.4 Å². The molecule has 3 atom stereocenters. The number of phenolic OH excluding ortho intramolecular Hbond substituents is 1. The third-order valence-electron chi connectivity index (χ3n) is 6.23. The second-order valence-electron chi connectivity index (χ2n) is 9.51. The highest BCUT2D eigenvalue weighted by molar-refractivity contribution is 6.05. The lowest BCUT2D eigenvalue weighted by atomic mass is 10.0. The fourth-order valence-electron chi connectivity index (χ4n) is 4.19. The predicted molar refractivity (Wildman–Crippen MR) is 147 cm³/mol. The lowest BCUT2D eigenvalue weighted by Crippen LogP contribution is -2.49. The van der Waals surface area contributed by atoms with Gasteiger partial charge in [-0.2, -0.15) is 0 Å². The van der Waals surface area contributed by atoms with Crippen LogP contribution in [0.2, 0.25) is 0 Å². The summed E-state index contributed by atoms with van der Waals surface area (Å²) in [5, 5.41) is 23.8. The largest absolute Gasteiger partial charge is 0.508 e. The molecular formula is C29H30N2O10. The number of rotatable bonds is 8. The number of aliphatic hydroxyl groups is 1. The van der Waals surface area contributed by atoms with Gasteiger partial charge in [0.2, 0.25) is 0 Å². The molecule has 216 valence electrons. The van der Waals surface area contributed by atoms with Crippen LogP contribution in [0.3, 0.4) is 0 Å². The SMILES string of the molecule is COC1=C(C)OC(Oc2ccc3cc(NC(=O)c4ccc(O)c(CC=C(C)C)c4)c(=O)oc3c2)[C@@H](O)[C@H]1OC(N)=O. The summed E-state index contributed by atoms with van der Waals surface area (Å²) in [4.78, 5) is 36.9. The van der Waals surface area contributed by atoms with Gasteiger partial charge < -0.3 is 44.6 Å². The van der Waals surface area contributed by atoms with E-state index in [9.17, 15) is 24.6 Å². The van der Waals surface area contributed by atoms with Gasteiger partial charge in [0.1, 0.15) is 28.5 Å². The molecule has 2 heterocycles. The van der Waals surface area contributed by atoms with E-state index in [2.05, 4.69) is 5.32 Å². The molecule has 0 fully saturated rings. The van der Waals surface area contributed by atoms with E-state index in [4.69, 9.17) is 29.1 Å². The Morgan fingerprint density at radius 2 is 1.90 bits per heavy atom. The van der Waals surface area contributed by atoms with Crippen molar-refractivity contribution >= 4 is 28.7 Å². The number of amides is 2. The molecule has 5 N–H and O–H groups in total. The lowest BCUT2D eigenvalue weighted by molar-refractivity contribution is -0.174. The minimum Gasteiger partial charge on any atom is -0.508 e. The Labute approximate surface area is 234 Å². The number of anilines is 1. The van der Waals surface area contributed by atoms with Gasteiger partial charge in [-0.15, -0.1) is 0 Å². The van der Waals surface area contributed by atoms with Crippen molar-refractivity contribution in [3.05, 3.63) is 87.2 Å². The first kappa shape index (κ1) is 29.0. The van der Waals surface area contributed by atoms with Crippen molar-refractivity contribution in [2.75, 3.05) is 12.4 Å². The zero-order valence-corrected chi connectivity index (χ0v) is 22.8. The standard InChI is InChI=1S/C29H30N2O10/c1-14(2)5-6-16-11-18(8-10-21(16)32)26(34)31-20-12-17-7-9-19(13-22(17)40-27(20)35)39-28-23(33)25(41-29(30)36)24(37-4)15(3)38-28/h5,7-13,23,25,28,32-33H,6H2,1-4H3,(H2,30,36)(H,31,34)/t23-,25+,28?/m0/s1. The summed E-state index contributed by atoms with van der Waals surface area (Å²) < 4.78 is 26.9. The second kappa shape index (κ2) is 12.0. The number of hydrogen-bond acceptors (Lipinski definition) is 10. The molecule has 0 saturated heterocycles. The molecule has 0 radical (unpaired) electrons. The summed E-state index contributed by atoms with van der Waals surface area (Å²) in [6, 6.07) is 10.4. The number of benzene rings is 2. The van der Waals surface area contributed by atoms with Gasteiger partial charge in [0.15, 0.2) is 18.0 Å². The van der Waals surface area contributed by atoms with Gasteiger partial charge in [0, 0.05) is 17.0 Å². The van der Waals surface area contributed by atoms with Crippen LogP contribution >= 0.6 is 0 Å². The average Bonchev–Trinajstić information content (AvgIpc) is 2.91. The monoisotopic (exact) mass is 566 g/mol. The molecule has 1 aliphatic rings. The molecule has 1 aliphatic heterocycles. The van der Waals surface area contributed by atoms with E-state index in [-0.39, 0.29) is 39.9 Å². The van der Waals surface area contributed by atoms with Gasteiger partial charge in [-0.25, -0.2) is 9.59 Å². The molecule has 1 aromatic heterocycles. The molecule has 1 unspecified atom stereocenters. The fraction of sp³-hybridized carbons (Fsp3) is 0.276. The van der Waals surface area contributed by atoms with Crippen molar-refractivity contribution in [2.24, 2.45) is 5.73 Å². The van der Waals surface area contributed by atoms with E-state index in [0.29, 0.717) is 17.4 Å². The number of methoxy groups -OCH3 is 1. The molecule has 0 saturated carbocycles. The normalized spacial score (nSPS) is 18.3. The smallest absolute Gasteiger partial charge is 0.405 e. The van der Waals surface area contributed by atoms with Crippen LogP contribution in [-0.2, 0) is 20.6 Å². The molecule has 3 aromatic rings. The van der Waals surface area contributed by atoms with Gasteiger partial charge >= 0.3 is 11.7 Å². The van der Waals surface area contributed by atoms with E-state index in [1.807, 2.05) is 19.9 Å². The molecule has 4 rings (SSSR count). The summed E-state index contributed by atoms with van der Waals surface area (Å²) >= 11 is 0. The second-order valence-corrected chi connectivity index (χ2v) is 9.51. The number of fused-ring (bicyclic) bond motifs is 1. The predicted octanol–water partition coefficient (Wildman–Crippen LogP) is 3.70. The number of aliphatic hydroxyl groups excluding tert-OH is 1. The summed E-state index contributed by atoms with van der Waals surface area (Å²) in [7, 11) is 1.32. The zero-order valence-electron chi connectivity index (χ0n) is 22.8. The molecule has 12 nitrogen and oxygen atoms in total. The van der Waals surface area contributed by atoms with Gasteiger partial charge in [0.05, 0.1) is 7.11 Å². The summed E-state index contributed by atoms with van der Waals surface area (Å²) in [5.74, 6) is -0.0354. The number of ether oxygens (including phenoxy) is 4. The minimum atomic E-state index is -1.50. The quantitative estimate of drug-likeness (QED) is 0.232. The summed E-state index contributed by atoms with van der Waals surface area (Å²) in [6.45, 7) is 5.40. The Morgan fingerprint density at radius 1 is 1.15 bits per heavy atom. The third kappa shape index (κ3) is 6.61. The highest BCUT2D eigenvalue weighted by Gasteiger charge is 2.43. The number of carbonyl (C=O) groups excluding carboxylic acids is 2. The Bertz CT molecular complexity index is 1600. The Morgan fingerprint density at radius 3 is 2.59 bits per heavy atom. The molecule has 0 bridgehead atoms. The number of hydrogen-bond donors (Lipinski definition) is 4. The first-order chi connectivity index (χ1) is 19.5. The number of carbonyl (C=O) groups is 2. The average molecular weight is 567 g/mol. The number of nitrogens with two attached hydrogens (primary N) is 1. The Hall–Kier alpha value is -4.97. The van der Waals surface area contributed by atoms with Crippen LogP contribution in [-0.4, -0.2) is 47.8 Å². The van der Waals surface area contributed by atoms with Crippen LogP contribution in [0.1, 0.15) is 36.7 Å². The van der Waals surface area contributed by atoms with E-state index in [0.717, 1.165) is 5.57 Å². The van der Waals surface area contributed by atoms with Crippen LogP contribution in [0.25, 0.3) is 11.0 Å². The first-order valence-corrected chi connectivity index (χ1v) is 12.5. The lowest BCUT2D eigenvalue weighted by Gasteiger charge is -2.35. The van der Waals surface area contributed by atoms with Crippen molar-refractivity contribution in [3.8, 4) is 11.5 Å². The number of aromatic hydroxyl groups is 1. The van der Waals surface area contributed by atoms with Crippen LogP contribution in [0.15, 0.2) is 74.8 Å². The maximum absolute atomic E-state index is 12.9. The van der Waals surface area contributed by atoms with Gasteiger partial charge in [0.25, 0.3) is 12.2 Å². The van der Waals surface area contributed by atoms with Gasteiger partial charge in [-0.3, -0.25) is 4.79 Å². The van der Waals surface area contributed by atoms with Gasteiger partial charge in [-0.1, -0.05) is 11.6 Å². The van der Waals surface area contributed by atoms with Crippen molar-refractivity contribution in [1.82, 2.24) is 0 Å². The Kier molecular flexibility index (Phi) is 8.53. The van der Waals surface area contributed by atoms with E-state index >= 15 is 0 Å². The molecule has 0 spiro atoms. The number of primary amides is 1.